The highest BCUT2D eigenvalue weighted by molar-refractivity contribution is 6.18. The van der Waals surface area contributed by atoms with Gasteiger partial charge in [-0.1, -0.05) is 61.5 Å². The number of hydrogen-bond donors (Lipinski definition) is 2. The minimum atomic E-state index is -1.24. The topological polar surface area (TPSA) is 85.2 Å². The third-order valence-corrected chi connectivity index (χ3v) is 6.61. The molecule has 1 heterocycles. The molecular formula is C30H35ClO6. The standard InChI is InChI=1S/C29H33ClO4.CH2O2/c1-2-27(22-8-4-3-5-9-22)29(31,23-11-15-25(16-12-23)32-21-19-30)24-13-17-26(18-14-24)34-28-10-6-7-20-33-28;2-1-3/h3-5,8-9,11-18,27-28,31H,2,6-7,10,19-21H2,1H3;1H,(H,2,3). The summed E-state index contributed by atoms with van der Waals surface area (Å²) in [5.74, 6) is 1.76. The van der Waals surface area contributed by atoms with Crippen LogP contribution in [0.2, 0.25) is 0 Å². The molecule has 37 heavy (non-hydrogen) atoms. The number of carbonyl (C=O) groups is 1. The van der Waals surface area contributed by atoms with Crippen molar-refractivity contribution in [3.05, 3.63) is 95.6 Å². The Hall–Kier alpha value is -3.06. The van der Waals surface area contributed by atoms with Gasteiger partial charge in [-0.25, -0.2) is 0 Å². The number of aliphatic hydroxyl groups is 1. The Balaban J connectivity index is 0.00000121. The van der Waals surface area contributed by atoms with Gasteiger partial charge in [0.15, 0.2) is 6.29 Å². The van der Waals surface area contributed by atoms with E-state index in [1.165, 1.54) is 0 Å². The maximum atomic E-state index is 12.4. The number of hydrogen-bond acceptors (Lipinski definition) is 5. The van der Waals surface area contributed by atoms with Gasteiger partial charge >= 0.3 is 0 Å². The summed E-state index contributed by atoms with van der Waals surface area (Å²) in [7, 11) is 0. The zero-order valence-corrected chi connectivity index (χ0v) is 21.8. The smallest absolute Gasteiger partial charge is 0.290 e. The van der Waals surface area contributed by atoms with E-state index in [0.29, 0.717) is 12.5 Å². The Morgan fingerprint density at radius 2 is 1.59 bits per heavy atom. The van der Waals surface area contributed by atoms with Crippen molar-refractivity contribution in [2.75, 3.05) is 19.1 Å². The lowest BCUT2D eigenvalue weighted by molar-refractivity contribution is -0.122. The third kappa shape index (κ3) is 7.48. The second kappa shape index (κ2) is 14.6. The molecule has 7 heteroatoms. The van der Waals surface area contributed by atoms with Gasteiger partial charge in [0.05, 0.1) is 12.5 Å². The molecular weight excluding hydrogens is 492 g/mol. The highest BCUT2D eigenvalue weighted by atomic mass is 35.5. The van der Waals surface area contributed by atoms with Gasteiger partial charge in [0.2, 0.25) is 0 Å². The van der Waals surface area contributed by atoms with Crippen LogP contribution in [0.5, 0.6) is 11.5 Å². The summed E-state index contributed by atoms with van der Waals surface area (Å²) in [5, 5.41) is 19.3. The van der Waals surface area contributed by atoms with E-state index in [2.05, 4.69) is 19.1 Å². The molecule has 4 rings (SSSR count). The van der Waals surface area contributed by atoms with Crippen molar-refractivity contribution in [3.63, 3.8) is 0 Å². The highest BCUT2D eigenvalue weighted by Gasteiger charge is 2.40. The summed E-state index contributed by atoms with van der Waals surface area (Å²) in [6.45, 7) is 3.04. The van der Waals surface area contributed by atoms with Gasteiger partial charge in [-0.3, -0.25) is 4.79 Å². The summed E-state index contributed by atoms with van der Waals surface area (Å²) in [6.07, 6.45) is 3.66. The van der Waals surface area contributed by atoms with E-state index in [1.807, 2.05) is 66.7 Å². The van der Waals surface area contributed by atoms with Crippen LogP contribution in [0.25, 0.3) is 0 Å². The molecule has 1 aliphatic rings. The zero-order chi connectivity index (χ0) is 26.5. The fraction of sp³-hybridized carbons (Fsp3) is 0.367. The van der Waals surface area contributed by atoms with Crippen molar-refractivity contribution in [2.45, 2.75) is 50.4 Å². The Kier molecular flexibility index (Phi) is 11.3. The minimum absolute atomic E-state index is 0.142. The van der Waals surface area contributed by atoms with Gasteiger partial charge < -0.3 is 24.4 Å². The molecule has 3 aromatic rings. The van der Waals surface area contributed by atoms with Crippen molar-refractivity contribution in [2.24, 2.45) is 0 Å². The van der Waals surface area contributed by atoms with E-state index < -0.39 is 5.60 Å². The first kappa shape index (κ1) is 28.5. The number of rotatable bonds is 10. The van der Waals surface area contributed by atoms with E-state index in [4.69, 9.17) is 35.7 Å². The molecule has 1 aliphatic heterocycles. The van der Waals surface area contributed by atoms with E-state index in [-0.39, 0.29) is 18.7 Å². The van der Waals surface area contributed by atoms with Crippen molar-refractivity contribution in [1.29, 1.82) is 0 Å². The van der Waals surface area contributed by atoms with Crippen LogP contribution in [0, 0.1) is 0 Å². The number of halogens is 1. The lowest BCUT2D eigenvalue weighted by Crippen LogP contribution is -2.35. The van der Waals surface area contributed by atoms with Crippen LogP contribution < -0.4 is 9.47 Å². The lowest BCUT2D eigenvalue weighted by atomic mass is 9.72. The molecule has 0 saturated carbocycles. The zero-order valence-electron chi connectivity index (χ0n) is 21.1. The summed E-state index contributed by atoms with van der Waals surface area (Å²) in [6, 6.07) is 25.6. The first-order chi connectivity index (χ1) is 18.1. The predicted molar refractivity (Wildman–Crippen MR) is 144 cm³/mol. The Morgan fingerprint density at radius 3 is 2.11 bits per heavy atom. The molecule has 0 aliphatic carbocycles. The fourth-order valence-corrected chi connectivity index (χ4v) is 4.81. The second-order valence-electron chi connectivity index (χ2n) is 8.74. The van der Waals surface area contributed by atoms with Crippen LogP contribution in [0.1, 0.15) is 55.2 Å². The summed E-state index contributed by atoms with van der Waals surface area (Å²) >= 11 is 5.75. The molecule has 0 radical (unpaired) electrons. The molecule has 0 bridgehead atoms. The van der Waals surface area contributed by atoms with E-state index in [0.717, 1.165) is 60.5 Å². The molecule has 1 fully saturated rings. The van der Waals surface area contributed by atoms with Crippen molar-refractivity contribution in [1.82, 2.24) is 0 Å². The summed E-state index contributed by atoms with van der Waals surface area (Å²) < 4.78 is 17.4. The maximum Gasteiger partial charge on any atom is 0.290 e. The van der Waals surface area contributed by atoms with Crippen LogP contribution >= 0.6 is 11.6 Å². The average molecular weight is 527 g/mol. The Morgan fingerprint density at radius 1 is 1.00 bits per heavy atom. The number of benzene rings is 3. The highest BCUT2D eigenvalue weighted by Crippen LogP contribution is 2.45. The normalized spacial score (nSPS) is 17.4. The van der Waals surface area contributed by atoms with Gasteiger partial charge in [-0.05, 0) is 60.2 Å². The monoisotopic (exact) mass is 526 g/mol. The van der Waals surface area contributed by atoms with Crippen LogP contribution in [0.3, 0.4) is 0 Å². The van der Waals surface area contributed by atoms with Gasteiger partial charge in [-0.15, -0.1) is 11.6 Å². The molecule has 0 spiro atoms. The maximum absolute atomic E-state index is 12.4. The molecule has 1 saturated heterocycles. The third-order valence-electron chi connectivity index (χ3n) is 6.45. The molecule has 3 atom stereocenters. The number of carboxylic acid groups (broad SMARTS) is 1. The van der Waals surface area contributed by atoms with Crippen LogP contribution in [0.15, 0.2) is 78.9 Å². The first-order valence-electron chi connectivity index (χ1n) is 12.6. The quantitative estimate of drug-likeness (QED) is 0.237. The largest absolute Gasteiger partial charge is 0.492 e. The molecule has 3 unspecified atom stereocenters. The SMILES string of the molecule is CCC(c1ccccc1)C(O)(c1ccc(OCCCl)cc1)c1ccc(OC2CCCCO2)cc1.O=CO. The van der Waals surface area contributed by atoms with Crippen molar-refractivity contribution < 1.29 is 29.2 Å². The predicted octanol–water partition coefficient (Wildman–Crippen LogP) is 6.34. The molecule has 198 valence electrons. The van der Waals surface area contributed by atoms with Crippen molar-refractivity contribution in [3.8, 4) is 11.5 Å². The van der Waals surface area contributed by atoms with Crippen molar-refractivity contribution >= 4 is 18.1 Å². The van der Waals surface area contributed by atoms with Crippen LogP contribution in [-0.4, -0.2) is 42.1 Å². The molecule has 0 aromatic heterocycles. The Labute approximate surface area is 223 Å². The number of alkyl halides is 1. The molecule has 6 nitrogen and oxygen atoms in total. The Bertz CT molecular complexity index is 1050. The first-order valence-corrected chi connectivity index (χ1v) is 13.1. The van der Waals surface area contributed by atoms with Gasteiger partial charge in [-0.2, -0.15) is 0 Å². The summed E-state index contributed by atoms with van der Waals surface area (Å²) in [4.78, 5) is 8.36. The summed E-state index contributed by atoms with van der Waals surface area (Å²) in [5.41, 5.74) is 1.48. The molecule has 3 aromatic carbocycles. The lowest BCUT2D eigenvalue weighted by Gasteiger charge is -2.37. The molecule has 2 N–H and O–H groups in total. The van der Waals surface area contributed by atoms with E-state index in [1.54, 1.807) is 0 Å². The van der Waals surface area contributed by atoms with Gasteiger partial charge in [0, 0.05) is 12.3 Å². The van der Waals surface area contributed by atoms with E-state index in [9.17, 15) is 5.11 Å². The second-order valence-corrected chi connectivity index (χ2v) is 9.12. The minimum Gasteiger partial charge on any atom is -0.492 e. The molecule has 0 amide bonds. The fourth-order valence-electron chi connectivity index (χ4n) is 4.73. The van der Waals surface area contributed by atoms with E-state index >= 15 is 0 Å². The van der Waals surface area contributed by atoms with Gasteiger partial charge in [0.25, 0.3) is 6.47 Å². The van der Waals surface area contributed by atoms with Gasteiger partial charge in [0.1, 0.15) is 23.7 Å². The van der Waals surface area contributed by atoms with Crippen LogP contribution in [0.4, 0.5) is 0 Å². The van der Waals surface area contributed by atoms with Crippen LogP contribution in [-0.2, 0) is 15.1 Å². The average Bonchev–Trinajstić information content (AvgIpc) is 2.94. The number of ether oxygens (including phenoxy) is 3.